The highest BCUT2D eigenvalue weighted by molar-refractivity contribution is 5.84. The number of aromatic nitrogens is 3. The van der Waals surface area contributed by atoms with Crippen molar-refractivity contribution in [1.29, 1.82) is 0 Å². The molecule has 1 N–H and O–H groups in total. The van der Waals surface area contributed by atoms with Gasteiger partial charge in [0.2, 0.25) is 5.91 Å². The second-order valence-electron chi connectivity index (χ2n) is 7.59. The number of hydrogen-bond acceptors (Lipinski definition) is 4. The fourth-order valence-electron chi connectivity index (χ4n) is 3.54. The van der Waals surface area contributed by atoms with Crippen molar-refractivity contribution in [1.82, 2.24) is 20.1 Å². The van der Waals surface area contributed by atoms with Crippen molar-refractivity contribution in [3.8, 4) is 5.75 Å². The lowest BCUT2D eigenvalue weighted by molar-refractivity contribution is -0.153. The van der Waals surface area contributed by atoms with Gasteiger partial charge in [-0.25, -0.2) is 0 Å². The normalized spacial score (nSPS) is 19.5. The first-order valence-corrected chi connectivity index (χ1v) is 9.59. The Morgan fingerprint density at radius 3 is 2.80 bits per heavy atom. The summed E-state index contributed by atoms with van der Waals surface area (Å²) >= 11 is 0. The highest BCUT2D eigenvalue weighted by atomic mass is 19.4. The molecule has 1 aliphatic carbocycles. The highest BCUT2D eigenvalue weighted by Gasteiger charge is 2.44. The van der Waals surface area contributed by atoms with Gasteiger partial charge in [0.15, 0.2) is 6.61 Å². The molecule has 3 aromatic rings. The number of halogens is 3. The third kappa shape index (κ3) is 4.39. The number of rotatable bonds is 6. The van der Waals surface area contributed by atoms with Crippen LogP contribution in [0.25, 0.3) is 10.9 Å². The summed E-state index contributed by atoms with van der Waals surface area (Å²) < 4.78 is 43.1. The van der Waals surface area contributed by atoms with Crippen LogP contribution in [0.4, 0.5) is 13.2 Å². The van der Waals surface area contributed by atoms with Gasteiger partial charge < -0.3 is 10.1 Å². The Morgan fingerprint density at radius 2 is 2.10 bits per heavy atom. The first kappa shape index (κ1) is 20.2. The number of benzene rings is 1. The maximum absolute atomic E-state index is 12.6. The molecule has 3 atom stereocenters. The number of carbonyl (C=O) groups excluding carboxylic acids is 1. The molecule has 0 aliphatic heterocycles. The molecule has 1 aromatic carbocycles. The summed E-state index contributed by atoms with van der Waals surface area (Å²) in [5.74, 6) is 0.0364. The minimum atomic E-state index is -4.40. The van der Waals surface area contributed by atoms with E-state index in [1.165, 1.54) is 12.3 Å². The quantitative estimate of drug-likeness (QED) is 0.660. The summed E-state index contributed by atoms with van der Waals surface area (Å²) in [6.45, 7) is 0.420. The third-order valence-electron chi connectivity index (χ3n) is 5.29. The molecule has 1 aliphatic rings. The highest BCUT2D eigenvalue weighted by Crippen LogP contribution is 2.48. The van der Waals surface area contributed by atoms with Crippen LogP contribution in [0.1, 0.15) is 36.6 Å². The van der Waals surface area contributed by atoms with E-state index in [9.17, 15) is 18.0 Å². The second-order valence-corrected chi connectivity index (χ2v) is 7.59. The molecule has 0 saturated heterocycles. The number of aryl methyl sites for hydroxylation is 1. The number of hydrogen-bond donors (Lipinski definition) is 1. The van der Waals surface area contributed by atoms with E-state index in [4.69, 9.17) is 0 Å². The molecule has 0 spiro atoms. The van der Waals surface area contributed by atoms with Crippen molar-refractivity contribution >= 4 is 16.8 Å². The summed E-state index contributed by atoms with van der Waals surface area (Å²) in [6.07, 6.45) is -0.585. The molecule has 1 saturated carbocycles. The fraction of sp³-hybridized carbons (Fsp3) is 0.381. The molecule has 6 nitrogen and oxygen atoms in total. The number of amides is 1. The van der Waals surface area contributed by atoms with Crippen LogP contribution in [0.2, 0.25) is 0 Å². The summed E-state index contributed by atoms with van der Waals surface area (Å²) in [4.78, 5) is 16.7. The lowest BCUT2D eigenvalue weighted by Gasteiger charge is -2.14. The van der Waals surface area contributed by atoms with E-state index in [0.717, 1.165) is 22.9 Å². The lowest BCUT2D eigenvalue weighted by Crippen LogP contribution is -2.29. The zero-order valence-corrected chi connectivity index (χ0v) is 16.5. The van der Waals surface area contributed by atoms with Gasteiger partial charge in [0, 0.05) is 18.4 Å². The van der Waals surface area contributed by atoms with E-state index >= 15 is 0 Å². The maximum Gasteiger partial charge on any atom is 0.422 e. The van der Waals surface area contributed by atoms with Gasteiger partial charge >= 0.3 is 6.18 Å². The first-order valence-electron chi connectivity index (χ1n) is 9.59. The molecule has 158 valence electrons. The Balaban J connectivity index is 1.34. The van der Waals surface area contributed by atoms with Crippen LogP contribution in [0.5, 0.6) is 5.75 Å². The largest absolute Gasteiger partial charge is 0.483 e. The Hall–Kier alpha value is -3.10. The summed E-state index contributed by atoms with van der Waals surface area (Å²) in [5, 5.41) is 8.24. The van der Waals surface area contributed by atoms with Gasteiger partial charge in [-0.1, -0.05) is 12.1 Å². The molecular weight excluding hydrogens is 397 g/mol. The monoisotopic (exact) mass is 418 g/mol. The van der Waals surface area contributed by atoms with Crippen molar-refractivity contribution in [2.24, 2.45) is 13.0 Å². The molecule has 0 radical (unpaired) electrons. The average Bonchev–Trinajstić information content (AvgIpc) is 3.43. The minimum absolute atomic E-state index is 0.0300. The van der Waals surface area contributed by atoms with E-state index in [2.05, 4.69) is 26.2 Å². The fourth-order valence-corrected chi connectivity index (χ4v) is 3.54. The van der Waals surface area contributed by atoms with Crippen LogP contribution in [0, 0.1) is 5.92 Å². The number of nitrogens with one attached hydrogen (secondary N) is 1. The van der Waals surface area contributed by atoms with Crippen LogP contribution in [-0.4, -0.2) is 33.5 Å². The molecular formula is C21H21F3N4O2. The predicted octanol–water partition coefficient (Wildman–Crippen LogP) is 3.89. The van der Waals surface area contributed by atoms with Gasteiger partial charge in [0.1, 0.15) is 5.75 Å². The number of carbonyl (C=O) groups is 1. The van der Waals surface area contributed by atoms with Gasteiger partial charge in [-0.3, -0.25) is 14.5 Å². The van der Waals surface area contributed by atoms with E-state index in [-0.39, 0.29) is 29.5 Å². The smallest absolute Gasteiger partial charge is 0.422 e. The van der Waals surface area contributed by atoms with Crippen LogP contribution in [0.3, 0.4) is 0 Å². The van der Waals surface area contributed by atoms with E-state index < -0.39 is 12.8 Å². The van der Waals surface area contributed by atoms with Gasteiger partial charge in [0.05, 0.1) is 29.6 Å². The molecule has 1 fully saturated rings. The van der Waals surface area contributed by atoms with Crippen molar-refractivity contribution in [2.75, 3.05) is 6.61 Å². The summed E-state index contributed by atoms with van der Waals surface area (Å²) in [5.41, 5.74) is 2.70. The van der Waals surface area contributed by atoms with Gasteiger partial charge in [-0.2, -0.15) is 18.3 Å². The second kappa shape index (κ2) is 7.62. The van der Waals surface area contributed by atoms with Crippen LogP contribution in [-0.2, 0) is 11.8 Å². The molecule has 30 heavy (non-hydrogen) atoms. The zero-order valence-electron chi connectivity index (χ0n) is 16.5. The number of fused-ring (bicyclic) bond motifs is 1. The molecule has 9 heteroatoms. The van der Waals surface area contributed by atoms with Crippen molar-refractivity contribution in [3.05, 3.63) is 54.0 Å². The van der Waals surface area contributed by atoms with E-state index in [1.54, 1.807) is 13.0 Å². The minimum Gasteiger partial charge on any atom is -0.483 e. The van der Waals surface area contributed by atoms with E-state index in [1.807, 2.05) is 30.1 Å². The van der Waals surface area contributed by atoms with E-state index in [0.29, 0.717) is 5.69 Å². The lowest BCUT2D eigenvalue weighted by atomic mass is 10.1. The standard InChI is InChI=1S/C21H21F3N4O2/c1-12(18-6-5-15(10-25-18)30-11-21(22,23)24)27-20(29)17-8-16(17)13-3-4-14-9-26-28(2)19(14)7-13/h3-7,9-10,12,16-17H,8,11H2,1-2H3,(H,27,29)/t12-,16+,17-/m1/s1. The zero-order chi connectivity index (χ0) is 21.5. The maximum atomic E-state index is 12.6. The Bertz CT molecular complexity index is 1060. The third-order valence-corrected chi connectivity index (χ3v) is 5.29. The topological polar surface area (TPSA) is 69.0 Å². The van der Waals surface area contributed by atoms with Crippen molar-refractivity contribution in [3.63, 3.8) is 0 Å². The Labute approximate surface area is 171 Å². The Morgan fingerprint density at radius 1 is 1.30 bits per heavy atom. The number of nitrogens with zero attached hydrogens (tertiary/aromatic N) is 3. The van der Waals surface area contributed by atoms with Crippen molar-refractivity contribution < 1.29 is 22.7 Å². The van der Waals surface area contributed by atoms with Crippen LogP contribution in [0.15, 0.2) is 42.7 Å². The first-order chi connectivity index (χ1) is 14.2. The molecule has 4 rings (SSSR count). The van der Waals surface area contributed by atoms with Crippen molar-refractivity contribution in [2.45, 2.75) is 31.5 Å². The van der Waals surface area contributed by atoms with Crippen LogP contribution < -0.4 is 10.1 Å². The number of alkyl halides is 3. The predicted molar refractivity (Wildman–Crippen MR) is 104 cm³/mol. The molecule has 0 bridgehead atoms. The van der Waals surface area contributed by atoms with Gasteiger partial charge in [-0.15, -0.1) is 0 Å². The molecule has 1 amide bonds. The number of ether oxygens (including phenoxy) is 1. The number of pyridine rings is 1. The van der Waals surface area contributed by atoms with Gasteiger partial charge in [-0.05, 0) is 43.0 Å². The van der Waals surface area contributed by atoms with Crippen LogP contribution >= 0.6 is 0 Å². The average molecular weight is 418 g/mol. The SMILES string of the molecule is C[C@@H](NC(=O)[C@@H]1C[C@H]1c1ccc2cnn(C)c2c1)c1ccc(OCC(F)(F)F)cn1. The summed E-state index contributed by atoms with van der Waals surface area (Å²) in [7, 11) is 1.89. The molecule has 2 heterocycles. The molecule has 0 unspecified atom stereocenters. The molecule has 2 aromatic heterocycles. The summed E-state index contributed by atoms with van der Waals surface area (Å²) in [6, 6.07) is 8.73. The Kier molecular flexibility index (Phi) is 5.13. The van der Waals surface area contributed by atoms with Gasteiger partial charge in [0.25, 0.3) is 0 Å².